The molecule has 0 aliphatic heterocycles. The number of carbonyl (C=O) groups excluding carboxylic acids is 1. The Kier molecular flexibility index (Phi) is 7.59. The summed E-state index contributed by atoms with van der Waals surface area (Å²) in [5, 5.41) is 2.87. The quantitative estimate of drug-likeness (QED) is 0.828. The first kappa shape index (κ1) is 19.0. The molecule has 124 valence electrons. The van der Waals surface area contributed by atoms with Crippen molar-refractivity contribution in [3.8, 4) is 11.5 Å². The number of carbonyl (C=O) groups is 1. The first-order chi connectivity index (χ1) is 10.6. The number of halogens is 1. The Morgan fingerprint density at radius 1 is 1.22 bits per heavy atom. The van der Waals surface area contributed by atoms with Crippen LogP contribution < -0.4 is 15.8 Å². The van der Waals surface area contributed by atoms with Crippen molar-refractivity contribution in [1.82, 2.24) is 0 Å². The second kappa shape index (κ2) is 9.18. The van der Waals surface area contributed by atoms with Crippen molar-refractivity contribution in [3.05, 3.63) is 54.1 Å². The lowest BCUT2D eigenvalue weighted by Gasteiger charge is -2.15. The summed E-state index contributed by atoms with van der Waals surface area (Å²) in [6.45, 7) is 3.97. The number of ether oxygens (including phenoxy) is 1. The Labute approximate surface area is 143 Å². The van der Waals surface area contributed by atoms with Gasteiger partial charge in [-0.05, 0) is 43.2 Å². The van der Waals surface area contributed by atoms with Gasteiger partial charge in [-0.1, -0.05) is 37.6 Å². The van der Waals surface area contributed by atoms with Gasteiger partial charge >= 0.3 is 0 Å². The third kappa shape index (κ3) is 5.58. The van der Waals surface area contributed by atoms with Crippen molar-refractivity contribution in [2.45, 2.75) is 32.7 Å². The second-order valence-corrected chi connectivity index (χ2v) is 5.30. The lowest BCUT2D eigenvalue weighted by atomic mass is 10.1. The third-order valence-corrected chi connectivity index (χ3v) is 3.30. The first-order valence-electron chi connectivity index (χ1n) is 7.50. The molecule has 5 heteroatoms. The van der Waals surface area contributed by atoms with Crippen LogP contribution in [0.2, 0.25) is 0 Å². The molecule has 2 rings (SSSR count). The fourth-order valence-corrected chi connectivity index (χ4v) is 2.11. The van der Waals surface area contributed by atoms with Gasteiger partial charge in [-0.15, -0.1) is 12.4 Å². The highest BCUT2D eigenvalue weighted by Gasteiger charge is 2.15. The van der Waals surface area contributed by atoms with E-state index in [2.05, 4.69) is 5.32 Å². The summed E-state index contributed by atoms with van der Waals surface area (Å²) in [5.74, 6) is 1.14. The molecule has 0 heterocycles. The molecule has 3 N–H and O–H groups in total. The molecule has 0 fully saturated rings. The van der Waals surface area contributed by atoms with E-state index in [9.17, 15) is 4.79 Å². The van der Waals surface area contributed by atoms with Gasteiger partial charge in [-0.2, -0.15) is 0 Å². The van der Waals surface area contributed by atoms with Crippen LogP contribution >= 0.6 is 12.4 Å². The lowest BCUT2D eigenvalue weighted by molar-refractivity contribution is -0.117. The zero-order valence-corrected chi connectivity index (χ0v) is 14.2. The predicted molar refractivity (Wildman–Crippen MR) is 96.5 cm³/mol. The number of nitrogens with one attached hydrogen (secondary N) is 1. The normalized spacial score (nSPS) is 11.3. The number of anilines is 1. The highest BCUT2D eigenvalue weighted by atomic mass is 35.5. The van der Waals surface area contributed by atoms with Crippen molar-refractivity contribution in [3.63, 3.8) is 0 Å². The average molecular weight is 335 g/mol. The van der Waals surface area contributed by atoms with Gasteiger partial charge in [0.1, 0.15) is 5.75 Å². The van der Waals surface area contributed by atoms with Crippen LogP contribution in [0.15, 0.2) is 48.5 Å². The molecule has 0 saturated heterocycles. The molecule has 0 aliphatic rings. The van der Waals surface area contributed by atoms with Crippen molar-refractivity contribution in [2.24, 2.45) is 5.73 Å². The molecule has 4 nitrogen and oxygen atoms in total. The van der Waals surface area contributed by atoms with E-state index in [1.54, 1.807) is 0 Å². The summed E-state index contributed by atoms with van der Waals surface area (Å²) in [4.78, 5) is 12.1. The molecule has 0 aromatic heterocycles. The maximum Gasteiger partial charge on any atom is 0.241 e. The SMILES string of the molecule is CCCC(N)C(=O)Nc1cc(C)ccc1Oc1ccccc1.Cl. The fourth-order valence-electron chi connectivity index (χ4n) is 2.11. The minimum absolute atomic E-state index is 0. The number of amides is 1. The molecular formula is C18H23ClN2O2. The molecule has 1 unspecified atom stereocenters. The van der Waals surface area contributed by atoms with Crippen LogP contribution in [0, 0.1) is 6.92 Å². The van der Waals surface area contributed by atoms with Crippen LogP contribution in [0.4, 0.5) is 5.69 Å². The molecular weight excluding hydrogens is 312 g/mol. The molecule has 23 heavy (non-hydrogen) atoms. The highest BCUT2D eigenvalue weighted by Crippen LogP contribution is 2.30. The topological polar surface area (TPSA) is 64.4 Å². The number of nitrogens with two attached hydrogens (primary N) is 1. The summed E-state index contributed by atoms with van der Waals surface area (Å²) in [5.41, 5.74) is 7.54. The zero-order chi connectivity index (χ0) is 15.9. The highest BCUT2D eigenvalue weighted by molar-refractivity contribution is 5.96. The van der Waals surface area contributed by atoms with Crippen LogP contribution in [0.1, 0.15) is 25.3 Å². The average Bonchev–Trinajstić information content (AvgIpc) is 2.51. The molecule has 1 atom stereocenters. The number of hydrogen-bond donors (Lipinski definition) is 2. The van der Waals surface area contributed by atoms with Crippen molar-refractivity contribution in [1.29, 1.82) is 0 Å². The number of hydrogen-bond acceptors (Lipinski definition) is 3. The lowest BCUT2D eigenvalue weighted by Crippen LogP contribution is -2.35. The van der Waals surface area contributed by atoms with E-state index >= 15 is 0 Å². The summed E-state index contributed by atoms with van der Waals surface area (Å²) in [6.07, 6.45) is 1.53. The van der Waals surface area contributed by atoms with Gasteiger partial charge in [0.25, 0.3) is 0 Å². The van der Waals surface area contributed by atoms with Gasteiger partial charge in [0.05, 0.1) is 11.7 Å². The molecule has 2 aromatic carbocycles. The van der Waals surface area contributed by atoms with E-state index in [0.717, 1.165) is 17.7 Å². The van der Waals surface area contributed by atoms with Gasteiger partial charge < -0.3 is 15.8 Å². The van der Waals surface area contributed by atoms with Crippen molar-refractivity contribution < 1.29 is 9.53 Å². The van der Waals surface area contributed by atoms with Gasteiger partial charge in [0.15, 0.2) is 5.75 Å². The smallest absolute Gasteiger partial charge is 0.241 e. The number of rotatable bonds is 6. The molecule has 0 aliphatic carbocycles. The van der Waals surface area contributed by atoms with E-state index < -0.39 is 6.04 Å². The standard InChI is InChI=1S/C18H22N2O2.ClH/c1-3-7-15(19)18(21)20-16-12-13(2)10-11-17(16)22-14-8-5-4-6-9-14;/h4-6,8-12,15H,3,7,19H2,1-2H3,(H,20,21);1H. The Morgan fingerprint density at radius 3 is 2.57 bits per heavy atom. The van der Waals surface area contributed by atoms with E-state index in [-0.39, 0.29) is 18.3 Å². The Balaban J connectivity index is 0.00000264. The van der Waals surface area contributed by atoms with Crippen LogP contribution in [0.3, 0.4) is 0 Å². The van der Waals surface area contributed by atoms with Gasteiger partial charge in [0.2, 0.25) is 5.91 Å². The molecule has 0 spiro atoms. The van der Waals surface area contributed by atoms with Crippen LogP contribution in [0.5, 0.6) is 11.5 Å². The molecule has 2 aromatic rings. The van der Waals surface area contributed by atoms with Gasteiger partial charge in [-0.25, -0.2) is 0 Å². The summed E-state index contributed by atoms with van der Waals surface area (Å²) in [6, 6.07) is 14.6. The summed E-state index contributed by atoms with van der Waals surface area (Å²) in [7, 11) is 0. The Bertz CT molecular complexity index is 632. The maximum atomic E-state index is 12.1. The van der Waals surface area contributed by atoms with Crippen LogP contribution in [-0.4, -0.2) is 11.9 Å². The number of benzene rings is 2. The minimum Gasteiger partial charge on any atom is -0.455 e. The van der Waals surface area contributed by atoms with Crippen molar-refractivity contribution in [2.75, 3.05) is 5.32 Å². The van der Waals surface area contributed by atoms with E-state index in [1.807, 2.05) is 62.4 Å². The molecule has 0 radical (unpaired) electrons. The van der Waals surface area contributed by atoms with E-state index in [0.29, 0.717) is 17.9 Å². The monoisotopic (exact) mass is 334 g/mol. The number of para-hydroxylation sites is 1. The van der Waals surface area contributed by atoms with Crippen LogP contribution in [0.25, 0.3) is 0 Å². The summed E-state index contributed by atoms with van der Waals surface area (Å²) < 4.78 is 5.85. The van der Waals surface area contributed by atoms with Crippen LogP contribution in [-0.2, 0) is 4.79 Å². The summed E-state index contributed by atoms with van der Waals surface area (Å²) >= 11 is 0. The van der Waals surface area contributed by atoms with Gasteiger partial charge in [0, 0.05) is 0 Å². The Hall–Kier alpha value is -2.04. The first-order valence-corrected chi connectivity index (χ1v) is 7.50. The Morgan fingerprint density at radius 2 is 1.91 bits per heavy atom. The van der Waals surface area contributed by atoms with E-state index in [4.69, 9.17) is 10.5 Å². The molecule has 0 saturated carbocycles. The zero-order valence-electron chi connectivity index (χ0n) is 13.4. The van der Waals surface area contributed by atoms with E-state index in [1.165, 1.54) is 0 Å². The largest absolute Gasteiger partial charge is 0.455 e. The maximum absolute atomic E-state index is 12.1. The predicted octanol–water partition coefficient (Wildman–Crippen LogP) is 4.28. The number of aryl methyl sites for hydroxylation is 1. The fraction of sp³-hybridized carbons (Fsp3) is 0.278. The van der Waals surface area contributed by atoms with Gasteiger partial charge in [-0.3, -0.25) is 4.79 Å². The molecule has 0 bridgehead atoms. The third-order valence-electron chi connectivity index (χ3n) is 3.30. The van der Waals surface area contributed by atoms with Crippen molar-refractivity contribution >= 4 is 24.0 Å². The second-order valence-electron chi connectivity index (χ2n) is 5.30. The minimum atomic E-state index is -0.505. The molecule has 1 amide bonds.